The Morgan fingerprint density at radius 3 is 2.69 bits per heavy atom. The van der Waals surface area contributed by atoms with Crippen molar-refractivity contribution in [1.29, 1.82) is 0 Å². The fraction of sp³-hybridized carbons (Fsp3) is 0.529. The predicted molar refractivity (Wildman–Crippen MR) is 101 cm³/mol. The van der Waals surface area contributed by atoms with Gasteiger partial charge in [-0.3, -0.25) is 9.59 Å². The molecular weight excluding hydrogens is 376 g/mol. The smallest absolute Gasteiger partial charge is 0.318 e. The molecule has 1 heterocycles. The van der Waals surface area contributed by atoms with Gasteiger partial charge in [-0.15, -0.1) is 11.8 Å². The highest BCUT2D eigenvalue weighted by atomic mass is 32.2. The molecule has 1 fully saturated rings. The topological polar surface area (TPSA) is 92.8 Å². The summed E-state index contributed by atoms with van der Waals surface area (Å²) in [7, 11) is -1.99. The minimum absolute atomic E-state index is 0.162. The van der Waals surface area contributed by atoms with Crippen molar-refractivity contribution in [3.05, 3.63) is 29.8 Å². The van der Waals surface area contributed by atoms with Crippen molar-refractivity contribution in [3.63, 3.8) is 0 Å². The number of nitrogens with zero attached hydrogens (tertiary/aromatic N) is 1. The van der Waals surface area contributed by atoms with Crippen LogP contribution < -0.4 is 4.72 Å². The molecule has 1 aromatic rings. The highest BCUT2D eigenvalue weighted by molar-refractivity contribution is 8.00. The van der Waals surface area contributed by atoms with Gasteiger partial charge in [0.2, 0.25) is 10.0 Å². The quantitative estimate of drug-likeness (QED) is 0.575. The van der Waals surface area contributed by atoms with E-state index in [-0.39, 0.29) is 17.9 Å². The van der Waals surface area contributed by atoms with E-state index in [0.29, 0.717) is 30.0 Å². The number of amides is 1. The van der Waals surface area contributed by atoms with Crippen LogP contribution in [0.5, 0.6) is 0 Å². The normalized spacial score (nSPS) is 19.0. The van der Waals surface area contributed by atoms with Gasteiger partial charge in [-0.25, -0.2) is 13.1 Å². The Labute approximate surface area is 158 Å². The van der Waals surface area contributed by atoms with E-state index >= 15 is 0 Å². The number of thioether (sulfide) groups is 1. The molecule has 9 heteroatoms. The number of carbonyl (C=O) groups excluding carboxylic acids is 2. The summed E-state index contributed by atoms with van der Waals surface area (Å²) in [6.07, 6.45) is 2.55. The molecule has 0 radical (unpaired) electrons. The minimum Gasteiger partial charge on any atom is -0.468 e. The van der Waals surface area contributed by atoms with E-state index in [1.54, 1.807) is 30.0 Å². The third kappa shape index (κ3) is 5.72. The Morgan fingerprint density at radius 1 is 1.35 bits per heavy atom. The number of ether oxygens (including phenoxy) is 1. The van der Waals surface area contributed by atoms with Crippen molar-refractivity contribution >= 4 is 33.7 Å². The monoisotopic (exact) mass is 400 g/mol. The summed E-state index contributed by atoms with van der Waals surface area (Å²) in [5.74, 6) is -0.516. The van der Waals surface area contributed by atoms with Gasteiger partial charge in [0.15, 0.2) is 0 Å². The van der Waals surface area contributed by atoms with Crippen LogP contribution in [0.25, 0.3) is 0 Å². The molecule has 7 nitrogen and oxygen atoms in total. The zero-order valence-corrected chi connectivity index (χ0v) is 16.7. The zero-order valence-electron chi connectivity index (χ0n) is 15.1. The molecule has 144 valence electrons. The molecule has 1 N–H and O–H groups in total. The lowest BCUT2D eigenvalue weighted by atomic mass is 10.1. The van der Waals surface area contributed by atoms with E-state index in [0.717, 1.165) is 12.7 Å². The highest BCUT2D eigenvalue weighted by Gasteiger charge is 2.28. The van der Waals surface area contributed by atoms with E-state index in [9.17, 15) is 18.0 Å². The Bertz CT molecular complexity index is 766. The van der Waals surface area contributed by atoms with E-state index in [1.165, 1.54) is 18.9 Å². The zero-order chi connectivity index (χ0) is 19.3. The highest BCUT2D eigenvalue weighted by Crippen LogP contribution is 2.29. The first-order valence-electron chi connectivity index (χ1n) is 8.31. The van der Waals surface area contributed by atoms with Gasteiger partial charge in [-0.1, -0.05) is 12.1 Å². The van der Waals surface area contributed by atoms with Crippen LogP contribution in [0, 0.1) is 0 Å². The first-order chi connectivity index (χ1) is 12.2. The molecule has 26 heavy (non-hydrogen) atoms. The van der Waals surface area contributed by atoms with Crippen LogP contribution >= 0.6 is 11.8 Å². The number of carbonyl (C=O) groups is 2. The van der Waals surface area contributed by atoms with E-state index < -0.39 is 15.3 Å². The standard InChI is InChI=1S/C17H24N2O5S2/c1-12(17(21)24-2)25-15-9-5-4-8-14(15)16(20)19-10-6-7-13(11-19)18-26(3,22)23/h4-5,8-9,12-13,18H,6-7,10-11H2,1-3H3. The number of methoxy groups -OCH3 is 1. The average molecular weight is 401 g/mol. The molecule has 2 rings (SSSR count). The molecule has 0 saturated carbocycles. The summed E-state index contributed by atoms with van der Waals surface area (Å²) in [6.45, 7) is 2.63. The van der Waals surface area contributed by atoms with Gasteiger partial charge in [0.05, 0.1) is 18.9 Å². The fourth-order valence-electron chi connectivity index (χ4n) is 2.88. The molecule has 1 aromatic carbocycles. The van der Waals surface area contributed by atoms with Crippen molar-refractivity contribution in [2.45, 2.75) is 36.0 Å². The molecule has 2 atom stereocenters. The second-order valence-corrected chi connectivity index (χ2v) is 9.42. The largest absolute Gasteiger partial charge is 0.468 e. The predicted octanol–water partition coefficient (Wildman–Crippen LogP) is 1.49. The van der Waals surface area contributed by atoms with E-state index in [4.69, 9.17) is 4.74 Å². The Kier molecular flexibility index (Phi) is 7.08. The SMILES string of the molecule is COC(=O)C(C)Sc1ccccc1C(=O)N1CCCC(NS(C)(=O)=O)C1. The summed E-state index contributed by atoms with van der Waals surface area (Å²) in [5.41, 5.74) is 0.508. The van der Waals surface area contributed by atoms with Crippen molar-refractivity contribution < 1.29 is 22.7 Å². The van der Waals surface area contributed by atoms with Crippen molar-refractivity contribution in [2.75, 3.05) is 26.5 Å². The van der Waals surface area contributed by atoms with Gasteiger partial charge in [0.1, 0.15) is 5.25 Å². The lowest BCUT2D eigenvalue weighted by molar-refractivity contribution is -0.139. The second-order valence-electron chi connectivity index (χ2n) is 6.26. The second kappa shape index (κ2) is 8.88. The summed E-state index contributed by atoms with van der Waals surface area (Å²) < 4.78 is 30.2. The van der Waals surface area contributed by atoms with Gasteiger partial charge in [0.25, 0.3) is 5.91 Å². The van der Waals surface area contributed by atoms with Gasteiger partial charge in [0, 0.05) is 24.0 Å². The van der Waals surface area contributed by atoms with Crippen LogP contribution in [0.3, 0.4) is 0 Å². The fourth-order valence-corrected chi connectivity index (χ4v) is 4.69. The number of benzene rings is 1. The van der Waals surface area contributed by atoms with Crippen molar-refractivity contribution in [3.8, 4) is 0 Å². The van der Waals surface area contributed by atoms with Crippen LogP contribution in [0.2, 0.25) is 0 Å². The van der Waals surface area contributed by atoms with Crippen molar-refractivity contribution in [2.24, 2.45) is 0 Å². The molecule has 0 aromatic heterocycles. The first-order valence-corrected chi connectivity index (χ1v) is 11.1. The molecule has 1 aliphatic rings. The number of likely N-dealkylation sites (tertiary alicyclic amines) is 1. The number of hydrogen-bond acceptors (Lipinski definition) is 6. The van der Waals surface area contributed by atoms with Crippen molar-refractivity contribution in [1.82, 2.24) is 9.62 Å². The Hall–Kier alpha value is -1.58. The van der Waals surface area contributed by atoms with Gasteiger partial charge < -0.3 is 9.64 Å². The average Bonchev–Trinajstić information content (AvgIpc) is 2.59. The Balaban J connectivity index is 2.15. The molecule has 0 bridgehead atoms. The maximum absolute atomic E-state index is 13.0. The number of piperidine rings is 1. The molecule has 1 aliphatic heterocycles. The number of hydrogen-bond donors (Lipinski definition) is 1. The summed E-state index contributed by atoms with van der Waals surface area (Å²) in [4.78, 5) is 27.0. The van der Waals surface area contributed by atoms with Gasteiger partial charge in [-0.05, 0) is 31.9 Å². The lowest BCUT2D eigenvalue weighted by Gasteiger charge is -2.33. The van der Waals surface area contributed by atoms with E-state index in [2.05, 4.69) is 4.72 Å². The summed E-state index contributed by atoms with van der Waals surface area (Å²) >= 11 is 1.27. The van der Waals surface area contributed by atoms with E-state index in [1.807, 2.05) is 6.07 Å². The third-order valence-electron chi connectivity index (χ3n) is 4.04. The molecule has 1 saturated heterocycles. The molecule has 0 spiro atoms. The number of esters is 1. The maximum Gasteiger partial charge on any atom is 0.318 e. The van der Waals surface area contributed by atoms with Crippen LogP contribution in [0.4, 0.5) is 0 Å². The lowest BCUT2D eigenvalue weighted by Crippen LogP contribution is -2.49. The maximum atomic E-state index is 13.0. The number of sulfonamides is 1. The molecular formula is C17H24N2O5S2. The van der Waals surface area contributed by atoms with Crippen LogP contribution in [0.15, 0.2) is 29.2 Å². The third-order valence-corrected chi connectivity index (χ3v) is 5.96. The van der Waals surface area contributed by atoms with Gasteiger partial charge in [-0.2, -0.15) is 0 Å². The van der Waals surface area contributed by atoms with Crippen LogP contribution in [-0.2, 0) is 19.6 Å². The minimum atomic E-state index is -3.32. The van der Waals surface area contributed by atoms with Crippen LogP contribution in [-0.4, -0.2) is 62.9 Å². The molecule has 1 amide bonds. The number of nitrogens with one attached hydrogen (secondary N) is 1. The molecule has 0 aliphatic carbocycles. The molecule has 2 unspecified atom stereocenters. The van der Waals surface area contributed by atoms with Gasteiger partial charge >= 0.3 is 5.97 Å². The Morgan fingerprint density at radius 2 is 2.04 bits per heavy atom. The summed E-state index contributed by atoms with van der Waals surface area (Å²) in [6, 6.07) is 6.83. The first kappa shape index (κ1) is 20.7. The van der Waals surface area contributed by atoms with Crippen LogP contribution in [0.1, 0.15) is 30.1 Å². The number of rotatable bonds is 6. The summed E-state index contributed by atoms with van der Waals surface area (Å²) in [5, 5.41) is -0.435.